The van der Waals surface area contributed by atoms with Gasteiger partial charge in [-0.2, -0.15) is 16.1 Å². The summed E-state index contributed by atoms with van der Waals surface area (Å²) in [4.78, 5) is 37.3. The maximum absolute atomic E-state index is 13.2. The minimum Gasteiger partial charge on any atom is -0.462 e. The van der Waals surface area contributed by atoms with Gasteiger partial charge in [0.1, 0.15) is 6.61 Å². The van der Waals surface area contributed by atoms with Crippen molar-refractivity contribution in [3.8, 4) is 0 Å². The summed E-state index contributed by atoms with van der Waals surface area (Å²) in [5, 5.41) is 0.150. The summed E-state index contributed by atoms with van der Waals surface area (Å²) >= 11 is 1.62. The van der Waals surface area contributed by atoms with Crippen molar-refractivity contribution >= 4 is 39.6 Å². The van der Waals surface area contributed by atoms with E-state index in [-0.39, 0.29) is 28.6 Å². The average Bonchev–Trinajstić information content (AvgIpc) is 3.42. The van der Waals surface area contributed by atoms with Gasteiger partial charge in [-0.3, -0.25) is 9.59 Å². The minimum atomic E-state index is -4.21. The highest BCUT2D eigenvalue weighted by Gasteiger charge is 2.66. The third-order valence-corrected chi connectivity index (χ3v) is 9.69. The summed E-state index contributed by atoms with van der Waals surface area (Å²) in [6.45, 7) is 5.57. The lowest BCUT2D eigenvalue weighted by atomic mass is 9.81. The van der Waals surface area contributed by atoms with E-state index in [2.05, 4.69) is 6.58 Å². The number of imide groups is 1. The van der Waals surface area contributed by atoms with Crippen molar-refractivity contribution in [3.63, 3.8) is 0 Å². The van der Waals surface area contributed by atoms with E-state index in [0.717, 1.165) is 30.9 Å². The molecule has 166 valence electrons. The topological polar surface area (TPSA) is 97.8 Å². The minimum absolute atomic E-state index is 0.0161. The second kappa shape index (κ2) is 8.43. The lowest BCUT2D eigenvalue weighted by Crippen LogP contribution is -2.38. The van der Waals surface area contributed by atoms with Crippen molar-refractivity contribution in [3.05, 3.63) is 42.5 Å². The van der Waals surface area contributed by atoms with Gasteiger partial charge in [0.05, 0.1) is 16.7 Å². The number of benzene rings is 1. The monoisotopic (exact) mass is 463 g/mol. The predicted octanol–water partition coefficient (Wildman–Crippen LogP) is 2.41. The lowest BCUT2D eigenvalue weighted by Gasteiger charge is -2.27. The SMILES string of the molecule is C=CC(=O)OCCSC1CC2C[C@H]1C1C(=O)N(S(=O)(=O)c3ccc(CC)cc3)C(=O)C21. The number of carbonyl (C=O) groups is 3. The number of thioether (sulfide) groups is 1. The molecule has 31 heavy (non-hydrogen) atoms. The van der Waals surface area contributed by atoms with Crippen LogP contribution in [0.2, 0.25) is 0 Å². The van der Waals surface area contributed by atoms with Crippen LogP contribution in [-0.2, 0) is 35.6 Å². The van der Waals surface area contributed by atoms with E-state index in [0.29, 0.717) is 10.1 Å². The number of ether oxygens (including phenoxy) is 1. The van der Waals surface area contributed by atoms with Gasteiger partial charge in [0.25, 0.3) is 10.0 Å². The molecule has 4 unspecified atom stereocenters. The molecule has 1 heterocycles. The van der Waals surface area contributed by atoms with E-state index in [9.17, 15) is 22.8 Å². The maximum atomic E-state index is 13.2. The first-order valence-corrected chi connectivity index (χ1v) is 12.9. The number of hydrogen-bond acceptors (Lipinski definition) is 7. The van der Waals surface area contributed by atoms with Crippen molar-refractivity contribution in [2.24, 2.45) is 23.7 Å². The number of nitrogens with zero attached hydrogens (tertiary/aromatic N) is 1. The van der Waals surface area contributed by atoms with Crippen molar-refractivity contribution in [2.45, 2.75) is 36.3 Å². The number of carbonyl (C=O) groups excluding carboxylic acids is 3. The van der Waals surface area contributed by atoms with Gasteiger partial charge in [-0.25, -0.2) is 13.2 Å². The fourth-order valence-electron chi connectivity index (χ4n) is 5.20. The number of sulfonamides is 1. The van der Waals surface area contributed by atoms with Gasteiger partial charge in [0, 0.05) is 17.1 Å². The number of amides is 2. The van der Waals surface area contributed by atoms with Crippen LogP contribution in [0, 0.1) is 23.7 Å². The van der Waals surface area contributed by atoms with Gasteiger partial charge in [-0.1, -0.05) is 25.6 Å². The molecule has 2 amide bonds. The van der Waals surface area contributed by atoms with Crippen molar-refractivity contribution < 1.29 is 27.5 Å². The van der Waals surface area contributed by atoms with Crippen LogP contribution in [0.15, 0.2) is 41.8 Å². The molecule has 1 saturated heterocycles. The van der Waals surface area contributed by atoms with Gasteiger partial charge in [-0.15, -0.1) is 0 Å². The smallest absolute Gasteiger partial charge is 0.330 e. The fraction of sp³-hybridized carbons (Fsp3) is 0.500. The molecule has 0 spiro atoms. The van der Waals surface area contributed by atoms with Gasteiger partial charge in [0.15, 0.2) is 0 Å². The summed E-state index contributed by atoms with van der Waals surface area (Å²) in [7, 11) is -4.21. The molecule has 3 fully saturated rings. The standard InChI is InChI=1S/C22H25NO6S2/c1-3-13-5-7-15(8-6-13)31(27,28)23-21(25)19-14-11-16(20(19)22(23)26)17(12-14)30-10-9-29-18(24)4-2/h4-8,14,16-17,19-20H,2-3,9-12H2,1H3/t14?,16-,17?,19?,20?/m1/s1. The van der Waals surface area contributed by atoms with Crippen molar-refractivity contribution in [1.82, 2.24) is 4.31 Å². The molecule has 2 bridgehead atoms. The molecule has 1 aromatic carbocycles. The van der Waals surface area contributed by atoms with E-state index in [1.807, 2.05) is 6.92 Å². The van der Waals surface area contributed by atoms with Crippen LogP contribution in [0.3, 0.4) is 0 Å². The Balaban J connectivity index is 1.48. The number of fused-ring (bicyclic) bond motifs is 5. The number of aryl methyl sites for hydroxylation is 1. The second-order valence-corrected chi connectivity index (χ2v) is 11.3. The fourth-order valence-corrected chi connectivity index (χ4v) is 8.01. The highest BCUT2D eigenvalue weighted by molar-refractivity contribution is 7.99. The Bertz CT molecular complexity index is 1020. The number of rotatable bonds is 8. The van der Waals surface area contributed by atoms with E-state index in [1.165, 1.54) is 12.1 Å². The number of esters is 1. The van der Waals surface area contributed by atoms with Crippen LogP contribution in [0.25, 0.3) is 0 Å². The second-order valence-electron chi connectivity index (χ2n) is 8.17. The molecular formula is C22H25NO6S2. The maximum Gasteiger partial charge on any atom is 0.330 e. The van der Waals surface area contributed by atoms with Crippen LogP contribution < -0.4 is 0 Å². The van der Waals surface area contributed by atoms with Crippen LogP contribution in [0.4, 0.5) is 0 Å². The molecule has 0 N–H and O–H groups in total. The van der Waals surface area contributed by atoms with Crippen molar-refractivity contribution in [1.29, 1.82) is 0 Å². The molecule has 3 aliphatic rings. The van der Waals surface area contributed by atoms with Crippen LogP contribution in [0.5, 0.6) is 0 Å². The van der Waals surface area contributed by atoms with E-state index in [4.69, 9.17) is 4.74 Å². The van der Waals surface area contributed by atoms with Crippen molar-refractivity contribution in [2.75, 3.05) is 12.4 Å². The Morgan fingerprint density at radius 1 is 1.19 bits per heavy atom. The molecular weight excluding hydrogens is 438 g/mol. The van der Waals surface area contributed by atoms with Gasteiger partial charge < -0.3 is 4.74 Å². The Morgan fingerprint density at radius 3 is 2.52 bits per heavy atom. The Labute approximate surface area is 186 Å². The first-order chi connectivity index (χ1) is 14.8. The predicted molar refractivity (Wildman–Crippen MR) is 115 cm³/mol. The van der Waals surface area contributed by atoms with Crippen LogP contribution in [-0.4, -0.2) is 48.1 Å². The van der Waals surface area contributed by atoms with E-state index < -0.39 is 39.6 Å². The molecule has 1 aromatic rings. The summed E-state index contributed by atoms with van der Waals surface area (Å²) in [6, 6.07) is 6.32. The lowest BCUT2D eigenvalue weighted by molar-refractivity contribution is -0.137. The first-order valence-electron chi connectivity index (χ1n) is 10.4. The van der Waals surface area contributed by atoms with Gasteiger partial charge in [0.2, 0.25) is 11.8 Å². The molecule has 2 saturated carbocycles. The number of hydrogen-bond donors (Lipinski definition) is 0. The molecule has 5 atom stereocenters. The molecule has 1 aliphatic heterocycles. The third kappa shape index (κ3) is 3.71. The first kappa shape index (κ1) is 22.1. The highest BCUT2D eigenvalue weighted by Crippen LogP contribution is 2.59. The Morgan fingerprint density at radius 2 is 1.87 bits per heavy atom. The largest absolute Gasteiger partial charge is 0.462 e. The normalized spacial score (nSPS) is 29.3. The highest BCUT2D eigenvalue weighted by atomic mass is 32.2. The van der Waals surface area contributed by atoms with E-state index >= 15 is 0 Å². The molecule has 2 aliphatic carbocycles. The zero-order chi connectivity index (χ0) is 22.3. The summed E-state index contributed by atoms with van der Waals surface area (Å²) in [5.41, 5.74) is 0.978. The zero-order valence-electron chi connectivity index (χ0n) is 17.2. The summed E-state index contributed by atoms with van der Waals surface area (Å²) in [6.07, 6.45) is 3.40. The molecule has 0 aromatic heterocycles. The summed E-state index contributed by atoms with van der Waals surface area (Å²) < 4.78 is 31.8. The molecule has 9 heteroatoms. The van der Waals surface area contributed by atoms with Gasteiger partial charge >= 0.3 is 5.97 Å². The van der Waals surface area contributed by atoms with Gasteiger partial charge in [-0.05, 0) is 48.8 Å². The molecule has 7 nitrogen and oxygen atoms in total. The Hall–Kier alpha value is -2.13. The zero-order valence-corrected chi connectivity index (χ0v) is 18.9. The van der Waals surface area contributed by atoms with E-state index in [1.54, 1.807) is 23.9 Å². The Kier molecular flexibility index (Phi) is 6.00. The summed E-state index contributed by atoms with van der Waals surface area (Å²) in [5.74, 6) is -2.20. The molecule has 0 radical (unpaired) electrons. The van der Waals surface area contributed by atoms with Crippen LogP contribution >= 0.6 is 11.8 Å². The van der Waals surface area contributed by atoms with Crippen LogP contribution in [0.1, 0.15) is 25.3 Å². The third-order valence-electron chi connectivity index (χ3n) is 6.61. The molecule has 4 rings (SSSR count). The average molecular weight is 464 g/mol. The quantitative estimate of drug-likeness (QED) is 0.253.